The Labute approximate surface area is 117 Å². The van der Waals surface area contributed by atoms with E-state index in [0.717, 1.165) is 24.2 Å². The minimum Gasteiger partial charge on any atom is -0.383 e. The number of rotatable bonds is 2. The van der Waals surface area contributed by atoms with Crippen LogP contribution in [-0.2, 0) is 0 Å². The molecule has 0 aliphatic carbocycles. The van der Waals surface area contributed by atoms with Crippen LogP contribution in [0.3, 0.4) is 0 Å². The van der Waals surface area contributed by atoms with Crippen molar-refractivity contribution in [2.45, 2.75) is 19.3 Å². The molecule has 2 heterocycles. The molecule has 5 heteroatoms. The fraction of sp³-hybridized carbons (Fsp3) is 0.333. The van der Waals surface area contributed by atoms with Gasteiger partial charge in [-0.15, -0.1) is 0 Å². The average Bonchev–Trinajstić information content (AvgIpc) is 2.49. The highest BCUT2D eigenvalue weighted by Crippen LogP contribution is 2.26. The predicted molar refractivity (Wildman–Crippen MR) is 77.9 cm³/mol. The second kappa shape index (κ2) is 5.45. The van der Waals surface area contributed by atoms with E-state index < -0.39 is 0 Å². The van der Waals surface area contributed by atoms with Crippen LogP contribution in [0.15, 0.2) is 30.5 Å². The van der Waals surface area contributed by atoms with E-state index in [1.165, 1.54) is 31.4 Å². The molecular weight excluding hydrogens is 255 g/mol. The molecule has 0 amide bonds. The molecule has 1 aliphatic heterocycles. The van der Waals surface area contributed by atoms with Crippen molar-refractivity contribution < 1.29 is 4.39 Å². The second-order valence-electron chi connectivity index (χ2n) is 5.02. The minimum absolute atomic E-state index is 0.266. The Bertz CT molecular complexity index is 591. The second-order valence-corrected chi connectivity index (χ2v) is 5.02. The Hall–Kier alpha value is -2.17. The highest BCUT2D eigenvalue weighted by molar-refractivity contribution is 5.73. The zero-order valence-corrected chi connectivity index (χ0v) is 11.2. The van der Waals surface area contributed by atoms with Crippen LogP contribution >= 0.6 is 0 Å². The van der Waals surface area contributed by atoms with Crippen LogP contribution in [0, 0.1) is 5.82 Å². The molecular formula is C15H17FN4. The lowest BCUT2D eigenvalue weighted by Crippen LogP contribution is -2.31. The fourth-order valence-electron chi connectivity index (χ4n) is 2.48. The van der Waals surface area contributed by atoms with Gasteiger partial charge in [-0.05, 0) is 37.0 Å². The number of piperidine rings is 1. The van der Waals surface area contributed by atoms with Crippen molar-refractivity contribution in [1.82, 2.24) is 9.97 Å². The Kier molecular flexibility index (Phi) is 3.50. The molecule has 0 atom stereocenters. The number of nitrogen functional groups attached to an aromatic ring is 1. The van der Waals surface area contributed by atoms with Crippen LogP contribution in [0.2, 0.25) is 0 Å². The quantitative estimate of drug-likeness (QED) is 0.913. The maximum Gasteiger partial charge on any atom is 0.227 e. The normalized spacial score (nSPS) is 15.3. The first-order valence-electron chi connectivity index (χ1n) is 6.87. The summed E-state index contributed by atoms with van der Waals surface area (Å²) in [6, 6.07) is 6.19. The van der Waals surface area contributed by atoms with Crippen molar-refractivity contribution in [1.29, 1.82) is 0 Å². The lowest BCUT2D eigenvalue weighted by molar-refractivity contribution is 0.568. The highest BCUT2D eigenvalue weighted by atomic mass is 19.1. The van der Waals surface area contributed by atoms with Gasteiger partial charge in [-0.3, -0.25) is 0 Å². The van der Waals surface area contributed by atoms with Crippen LogP contribution in [-0.4, -0.2) is 23.1 Å². The summed E-state index contributed by atoms with van der Waals surface area (Å²) in [5, 5.41) is 0. The summed E-state index contributed by atoms with van der Waals surface area (Å²) in [6.45, 7) is 1.96. The van der Waals surface area contributed by atoms with Gasteiger partial charge in [0.2, 0.25) is 5.95 Å². The monoisotopic (exact) mass is 272 g/mol. The van der Waals surface area contributed by atoms with E-state index >= 15 is 0 Å². The van der Waals surface area contributed by atoms with E-state index in [1.54, 1.807) is 18.3 Å². The standard InChI is InChI=1S/C15H17FN4/c16-12-6-4-11(5-7-12)13-10-18-15(19-14(13)17)20-8-2-1-3-9-20/h4-7,10H,1-3,8-9H2,(H2,17,18,19). The summed E-state index contributed by atoms with van der Waals surface area (Å²) in [4.78, 5) is 11.0. The van der Waals surface area contributed by atoms with Crippen molar-refractivity contribution in [3.05, 3.63) is 36.3 Å². The maximum atomic E-state index is 12.9. The SMILES string of the molecule is Nc1nc(N2CCCCC2)ncc1-c1ccc(F)cc1. The molecule has 0 unspecified atom stereocenters. The van der Waals surface area contributed by atoms with Crippen LogP contribution in [0.25, 0.3) is 11.1 Å². The third-order valence-electron chi connectivity index (χ3n) is 3.60. The lowest BCUT2D eigenvalue weighted by Gasteiger charge is -2.26. The minimum atomic E-state index is -0.266. The summed E-state index contributed by atoms with van der Waals surface area (Å²) < 4.78 is 12.9. The maximum absolute atomic E-state index is 12.9. The largest absolute Gasteiger partial charge is 0.383 e. The summed E-state index contributed by atoms with van der Waals surface area (Å²) in [6.07, 6.45) is 5.32. The van der Waals surface area contributed by atoms with Gasteiger partial charge >= 0.3 is 0 Å². The third kappa shape index (κ3) is 2.57. The van der Waals surface area contributed by atoms with E-state index in [-0.39, 0.29) is 5.82 Å². The van der Waals surface area contributed by atoms with Crippen LogP contribution < -0.4 is 10.6 Å². The van der Waals surface area contributed by atoms with Crippen molar-refractivity contribution in [2.24, 2.45) is 0 Å². The molecule has 1 aromatic heterocycles. The molecule has 1 saturated heterocycles. The summed E-state index contributed by atoms with van der Waals surface area (Å²) in [5.41, 5.74) is 7.60. The summed E-state index contributed by atoms with van der Waals surface area (Å²) >= 11 is 0. The van der Waals surface area contributed by atoms with Gasteiger partial charge in [-0.2, -0.15) is 4.98 Å². The first kappa shape index (κ1) is 12.8. The number of anilines is 2. The van der Waals surface area contributed by atoms with Gasteiger partial charge in [0.15, 0.2) is 0 Å². The van der Waals surface area contributed by atoms with E-state index in [9.17, 15) is 4.39 Å². The van der Waals surface area contributed by atoms with E-state index in [0.29, 0.717) is 11.8 Å². The molecule has 4 nitrogen and oxygen atoms in total. The lowest BCUT2D eigenvalue weighted by atomic mass is 10.1. The Morgan fingerprint density at radius 1 is 1.05 bits per heavy atom. The fourth-order valence-corrected chi connectivity index (χ4v) is 2.48. The Balaban J connectivity index is 1.88. The molecule has 0 bridgehead atoms. The summed E-state index contributed by atoms with van der Waals surface area (Å²) in [7, 11) is 0. The van der Waals surface area contributed by atoms with Crippen molar-refractivity contribution >= 4 is 11.8 Å². The molecule has 3 rings (SSSR count). The van der Waals surface area contributed by atoms with Gasteiger partial charge in [-0.1, -0.05) is 12.1 Å². The van der Waals surface area contributed by atoms with E-state index in [2.05, 4.69) is 14.9 Å². The van der Waals surface area contributed by atoms with Crippen LogP contribution in [0.1, 0.15) is 19.3 Å². The zero-order chi connectivity index (χ0) is 13.9. The van der Waals surface area contributed by atoms with E-state index in [1.807, 2.05) is 0 Å². The first-order chi connectivity index (χ1) is 9.74. The molecule has 104 valence electrons. The number of halogens is 1. The van der Waals surface area contributed by atoms with Gasteiger partial charge in [-0.25, -0.2) is 9.37 Å². The number of hydrogen-bond donors (Lipinski definition) is 1. The number of hydrogen-bond acceptors (Lipinski definition) is 4. The highest BCUT2D eigenvalue weighted by Gasteiger charge is 2.15. The molecule has 1 aliphatic rings. The topological polar surface area (TPSA) is 55.0 Å². The molecule has 1 aromatic carbocycles. The number of aromatic nitrogens is 2. The number of nitrogens with zero attached hydrogens (tertiary/aromatic N) is 3. The summed E-state index contributed by atoms with van der Waals surface area (Å²) in [5.74, 6) is 0.860. The van der Waals surface area contributed by atoms with E-state index in [4.69, 9.17) is 5.73 Å². The predicted octanol–water partition coefficient (Wildman–Crippen LogP) is 2.86. The van der Waals surface area contributed by atoms with Crippen molar-refractivity contribution in [2.75, 3.05) is 23.7 Å². The molecule has 0 radical (unpaired) electrons. The van der Waals surface area contributed by atoms with Crippen LogP contribution in [0.4, 0.5) is 16.2 Å². The Morgan fingerprint density at radius 3 is 2.40 bits per heavy atom. The molecule has 2 aromatic rings. The smallest absolute Gasteiger partial charge is 0.227 e. The molecule has 1 fully saturated rings. The molecule has 2 N–H and O–H groups in total. The van der Waals surface area contributed by atoms with Crippen molar-refractivity contribution in [3.8, 4) is 11.1 Å². The average molecular weight is 272 g/mol. The van der Waals surface area contributed by atoms with Crippen LogP contribution in [0.5, 0.6) is 0 Å². The molecule has 20 heavy (non-hydrogen) atoms. The molecule has 0 saturated carbocycles. The first-order valence-corrected chi connectivity index (χ1v) is 6.87. The number of benzene rings is 1. The Morgan fingerprint density at radius 2 is 1.75 bits per heavy atom. The van der Waals surface area contributed by atoms with Gasteiger partial charge in [0.05, 0.1) is 0 Å². The number of nitrogens with two attached hydrogens (primary N) is 1. The zero-order valence-electron chi connectivity index (χ0n) is 11.2. The van der Waals surface area contributed by atoms with Gasteiger partial charge in [0.1, 0.15) is 11.6 Å². The van der Waals surface area contributed by atoms with Gasteiger partial charge in [0, 0.05) is 24.8 Å². The third-order valence-corrected chi connectivity index (χ3v) is 3.60. The van der Waals surface area contributed by atoms with Crippen molar-refractivity contribution in [3.63, 3.8) is 0 Å². The van der Waals surface area contributed by atoms with Gasteiger partial charge in [0.25, 0.3) is 0 Å². The molecule has 0 spiro atoms. The van der Waals surface area contributed by atoms with Gasteiger partial charge < -0.3 is 10.6 Å².